The van der Waals surface area contributed by atoms with Crippen LogP contribution in [-0.4, -0.2) is 11.4 Å². The van der Waals surface area contributed by atoms with Gasteiger partial charge in [-0.05, 0) is 30.0 Å². The number of carbonyl (C=O) groups is 1. The van der Waals surface area contributed by atoms with Gasteiger partial charge in [0.05, 0.1) is 5.56 Å². The van der Waals surface area contributed by atoms with Crippen molar-refractivity contribution in [1.82, 2.24) is 0 Å². The second-order valence-electron chi connectivity index (χ2n) is 3.76. The topological polar surface area (TPSA) is 37.3 Å². The van der Waals surface area contributed by atoms with Crippen LogP contribution in [-0.2, 0) is 12.8 Å². The van der Waals surface area contributed by atoms with Gasteiger partial charge in [-0.3, -0.25) is 4.79 Å². The summed E-state index contributed by atoms with van der Waals surface area (Å²) in [6.07, 6.45) is 4.54. The fourth-order valence-electron chi connectivity index (χ4n) is 1.82. The number of phenols is 1. The Kier molecular flexibility index (Phi) is 4.35. The molecule has 0 saturated heterocycles. The van der Waals surface area contributed by atoms with Gasteiger partial charge in [-0.1, -0.05) is 32.8 Å². The summed E-state index contributed by atoms with van der Waals surface area (Å²) in [7, 11) is 0. The Balaban J connectivity index is 3.17. The summed E-state index contributed by atoms with van der Waals surface area (Å²) in [6.45, 7) is 4.18. The van der Waals surface area contributed by atoms with Crippen LogP contribution in [0.15, 0.2) is 12.1 Å². The molecule has 1 aromatic rings. The number of aldehydes is 1. The van der Waals surface area contributed by atoms with Gasteiger partial charge in [-0.15, -0.1) is 0 Å². The van der Waals surface area contributed by atoms with E-state index in [4.69, 9.17) is 0 Å². The van der Waals surface area contributed by atoms with E-state index in [1.807, 2.05) is 6.07 Å². The number of carbonyl (C=O) groups excluding carboxylic acids is 1. The maximum atomic E-state index is 10.7. The lowest BCUT2D eigenvalue weighted by molar-refractivity contribution is 0.112. The van der Waals surface area contributed by atoms with Gasteiger partial charge in [0, 0.05) is 0 Å². The first-order chi connectivity index (χ1) is 7.24. The molecule has 1 rings (SSSR count). The fourth-order valence-corrected chi connectivity index (χ4v) is 1.82. The van der Waals surface area contributed by atoms with E-state index < -0.39 is 0 Å². The van der Waals surface area contributed by atoms with E-state index in [0.29, 0.717) is 11.8 Å². The number of phenolic OH excluding ortho intramolecular Hbond substituents is 1. The summed E-state index contributed by atoms with van der Waals surface area (Å²) in [5.74, 6) is 0.179. The van der Waals surface area contributed by atoms with Crippen molar-refractivity contribution in [2.75, 3.05) is 0 Å². The largest absolute Gasteiger partial charge is 0.507 e. The molecule has 0 unspecified atom stereocenters. The lowest BCUT2D eigenvalue weighted by Gasteiger charge is -2.11. The van der Waals surface area contributed by atoms with Crippen LogP contribution in [0.3, 0.4) is 0 Å². The van der Waals surface area contributed by atoms with E-state index in [1.165, 1.54) is 5.56 Å². The van der Waals surface area contributed by atoms with E-state index in [1.54, 1.807) is 6.07 Å². The third-order valence-electron chi connectivity index (χ3n) is 2.56. The van der Waals surface area contributed by atoms with Crippen molar-refractivity contribution < 1.29 is 9.90 Å². The molecule has 2 nitrogen and oxygen atoms in total. The molecule has 82 valence electrons. The molecule has 0 amide bonds. The highest BCUT2D eigenvalue weighted by atomic mass is 16.3. The van der Waals surface area contributed by atoms with Gasteiger partial charge < -0.3 is 5.11 Å². The molecule has 0 fully saturated rings. The smallest absolute Gasteiger partial charge is 0.153 e. The number of aromatic hydroxyl groups is 1. The van der Waals surface area contributed by atoms with Crippen molar-refractivity contribution >= 4 is 6.29 Å². The lowest BCUT2D eigenvalue weighted by atomic mass is 9.96. The summed E-state index contributed by atoms with van der Waals surface area (Å²) in [4.78, 5) is 10.7. The Bertz CT molecular complexity index is 343. The van der Waals surface area contributed by atoms with Gasteiger partial charge in [0.1, 0.15) is 5.75 Å². The van der Waals surface area contributed by atoms with Crippen LogP contribution >= 0.6 is 0 Å². The molecule has 1 aromatic carbocycles. The highest BCUT2D eigenvalue weighted by Gasteiger charge is 2.10. The molecule has 0 aromatic heterocycles. The Morgan fingerprint density at radius 1 is 1.20 bits per heavy atom. The average molecular weight is 206 g/mol. The summed E-state index contributed by atoms with van der Waals surface area (Å²) >= 11 is 0. The van der Waals surface area contributed by atoms with E-state index in [-0.39, 0.29) is 5.75 Å². The molecular weight excluding hydrogens is 188 g/mol. The molecular formula is C13H18O2. The van der Waals surface area contributed by atoms with Gasteiger partial charge in [-0.25, -0.2) is 0 Å². The Morgan fingerprint density at radius 3 is 2.40 bits per heavy atom. The monoisotopic (exact) mass is 206 g/mol. The van der Waals surface area contributed by atoms with Crippen LogP contribution < -0.4 is 0 Å². The predicted molar refractivity (Wildman–Crippen MR) is 61.5 cm³/mol. The zero-order valence-corrected chi connectivity index (χ0v) is 9.42. The highest BCUT2D eigenvalue weighted by Crippen LogP contribution is 2.27. The van der Waals surface area contributed by atoms with E-state index >= 15 is 0 Å². The molecule has 0 aliphatic carbocycles. The summed E-state index contributed by atoms with van der Waals surface area (Å²) in [5.41, 5.74) is 2.52. The molecule has 0 aliphatic heterocycles. The Hall–Kier alpha value is -1.31. The van der Waals surface area contributed by atoms with Crippen LogP contribution in [0.4, 0.5) is 0 Å². The van der Waals surface area contributed by atoms with Crippen LogP contribution in [0.5, 0.6) is 5.75 Å². The molecule has 15 heavy (non-hydrogen) atoms. The van der Waals surface area contributed by atoms with Crippen LogP contribution in [0.25, 0.3) is 0 Å². The van der Waals surface area contributed by atoms with Crippen molar-refractivity contribution in [1.29, 1.82) is 0 Å². The third kappa shape index (κ3) is 2.58. The molecule has 0 bridgehead atoms. The van der Waals surface area contributed by atoms with Crippen LogP contribution in [0, 0.1) is 0 Å². The van der Waals surface area contributed by atoms with Crippen LogP contribution in [0.1, 0.15) is 48.2 Å². The molecule has 0 spiro atoms. The second kappa shape index (κ2) is 5.54. The normalized spacial score (nSPS) is 10.3. The molecule has 0 heterocycles. The molecule has 0 atom stereocenters. The minimum atomic E-state index is 0.179. The van der Waals surface area contributed by atoms with Gasteiger partial charge in [-0.2, -0.15) is 0 Å². The molecule has 0 radical (unpaired) electrons. The zero-order chi connectivity index (χ0) is 11.3. The van der Waals surface area contributed by atoms with Crippen molar-refractivity contribution in [3.8, 4) is 5.75 Å². The van der Waals surface area contributed by atoms with E-state index in [2.05, 4.69) is 13.8 Å². The number of hydrogen-bond donors (Lipinski definition) is 1. The number of hydrogen-bond acceptors (Lipinski definition) is 2. The second-order valence-corrected chi connectivity index (χ2v) is 3.76. The third-order valence-corrected chi connectivity index (χ3v) is 2.56. The molecule has 0 aliphatic rings. The lowest BCUT2D eigenvalue weighted by Crippen LogP contribution is -1.97. The first-order valence-corrected chi connectivity index (χ1v) is 5.53. The minimum Gasteiger partial charge on any atom is -0.507 e. The van der Waals surface area contributed by atoms with Gasteiger partial charge in [0.25, 0.3) is 0 Å². The van der Waals surface area contributed by atoms with Crippen LogP contribution in [0.2, 0.25) is 0 Å². The zero-order valence-electron chi connectivity index (χ0n) is 9.42. The highest BCUT2D eigenvalue weighted by molar-refractivity contribution is 5.80. The first kappa shape index (κ1) is 11.8. The number of benzene rings is 1. The van der Waals surface area contributed by atoms with Crippen molar-refractivity contribution in [3.63, 3.8) is 0 Å². The molecule has 1 N–H and O–H groups in total. The maximum Gasteiger partial charge on any atom is 0.153 e. The first-order valence-electron chi connectivity index (χ1n) is 5.53. The van der Waals surface area contributed by atoms with Crippen molar-refractivity contribution in [2.45, 2.75) is 39.5 Å². The number of rotatable bonds is 5. The summed E-state index contributed by atoms with van der Waals surface area (Å²) in [5, 5.41) is 9.90. The van der Waals surface area contributed by atoms with E-state index in [9.17, 15) is 9.90 Å². The van der Waals surface area contributed by atoms with Gasteiger partial charge in [0.2, 0.25) is 0 Å². The minimum absolute atomic E-state index is 0.179. The van der Waals surface area contributed by atoms with E-state index in [0.717, 1.165) is 31.2 Å². The maximum absolute atomic E-state index is 10.7. The molecule has 2 heteroatoms. The summed E-state index contributed by atoms with van der Waals surface area (Å²) < 4.78 is 0. The standard InChI is InChI=1S/C13H18O2/c1-3-5-10-7-8-11(9-14)13(15)12(10)6-4-2/h7-9,15H,3-6H2,1-2H3. The Labute approximate surface area is 90.9 Å². The van der Waals surface area contributed by atoms with Gasteiger partial charge >= 0.3 is 0 Å². The van der Waals surface area contributed by atoms with Crippen molar-refractivity contribution in [2.24, 2.45) is 0 Å². The predicted octanol–water partition coefficient (Wildman–Crippen LogP) is 3.11. The summed E-state index contributed by atoms with van der Waals surface area (Å²) in [6, 6.07) is 3.66. The quantitative estimate of drug-likeness (QED) is 0.751. The van der Waals surface area contributed by atoms with Gasteiger partial charge in [0.15, 0.2) is 6.29 Å². The average Bonchev–Trinajstić information content (AvgIpc) is 2.24. The SMILES string of the molecule is CCCc1ccc(C=O)c(O)c1CCC. The Morgan fingerprint density at radius 2 is 1.87 bits per heavy atom. The number of aryl methyl sites for hydroxylation is 1. The van der Waals surface area contributed by atoms with Crippen molar-refractivity contribution in [3.05, 3.63) is 28.8 Å². The fraction of sp³-hybridized carbons (Fsp3) is 0.462. The molecule has 0 saturated carbocycles.